The molecule has 0 aliphatic rings. The van der Waals surface area contributed by atoms with Crippen LogP contribution in [0.4, 0.5) is 5.13 Å². The van der Waals surface area contributed by atoms with Gasteiger partial charge >= 0.3 is 0 Å². The number of halogens is 2. The quantitative estimate of drug-likeness (QED) is 0.383. The van der Waals surface area contributed by atoms with Crippen LogP contribution in [0.3, 0.4) is 0 Å². The third-order valence-corrected chi connectivity index (χ3v) is 4.63. The molecule has 0 bridgehead atoms. The van der Waals surface area contributed by atoms with Crippen LogP contribution in [0.5, 0.6) is 5.75 Å². The van der Waals surface area contributed by atoms with Gasteiger partial charge in [0.05, 0.1) is 23.0 Å². The zero-order valence-corrected chi connectivity index (χ0v) is 16.6. The van der Waals surface area contributed by atoms with Gasteiger partial charge in [0.2, 0.25) is 5.13 Å². The normalized spacial score (nSPS) is 11.3. The summed E-state index contributed by atoms with van der Waals surface area (Å²) in [5.41, 5.74) is 5.69. The van der Waals surface area contributed by atoms with Crippen LogP contribution in [-0.4, -0.2) is 17.3 Å². The first kappa shape index (κ1) is 18.7. The predicted molar refractivity (Wildman–Crippen MR) is 111 cm³/mol. The van der Waals surface area contributed by atoms with E-state index in [2.05, 4.69) is 15.5 Å². The SMILES string of the molecule is CC(C)Oc1ccc(/C=N\Nc2nc(-c3ccc(Cl)cc3)cs2)cc1Cl. The summed E-state index contributed by atoms with van der Waals surface area (Å²) in [7, 11) is 0. The molecule has 0 aliphatic heterocycles. The van der Waals surface area contributed by atoms with Crippen LogP contribution in [0.2, 0.25) is 10.0 Å². The highest BCUT2D eigenvalue weighted by molar-refractivity contribution is 7.14. The number of nitrogens with zero attached hydrogens (tertiary/aromatic N) is 2. The standard InChI is InChI=1S/C19H17Cl2N3OS/c1-12(2)25-18-8-3-13(9-16(18)21)10-22-24-19-23-17(11-26-19)14-4-6-15(20)7-5-14/h3-12H,1-2H3,(H,23,24)/b22-10-. The van der Waals surface area contributed by atoms with Crippen LogP contribution >= 0.6 is 34.5 Å². The van der Waals surface area contributed by atoms with Crippen LogP contribution < -0.4 is 10.2 Å². The largest absolute Gasteiger partial charge is 0.489 e. The summed E-state index contributed by atoms with van der Waals surface area (Å²) < 4.78 is 5.62. The summed E-state index contributed by atoms with van der Waals surface area (Å²) in [6, 6.07) is 13.1. The second-order valence-electron chi connectivity index (χ2n) is 5.77. The highest BCUT2D eigenvalue weighted by Crippen LogP contribution is 2.27. The molecule has 4 nitrogen and oxygen atoms in total. The van der Waals surface area contributed by atoms with E-state index in [9.17, 15) is 0 Å². The molecular weight excluding hydrogens is 389 g/mol. The van der Waals surface area contributed by atoms with Crippen molar-refractivity contribution in [3.63, 3.8) is 0 Å². The molecule has 0 aliphatic carbocycles. The summed E-state index contributed by atoms with van der Waals surface area (Å²) in [5.74, 6) is 0.666. The number of benzene rings is 2. The maximum Gasteiger partial charge on any atom is 0.203 e. The molecule has 0 atom stereocenters. The Kier molecular flexibility index (Phi) is 6.14. The van der Waals surface area contributed by atoms with E-state index in [1.54, 1.807) is 6.21 Å². The lowest BCUT2D eigenvalue weighted by Gasteiger charge is -2.11. The van der Waals surface area contributed by atoms with Gasteiger partial charge in [-0.05, 0) is 49.7 Å². The van der Waals surface area contributed by atoms with Crippen molar-refractivity contribution in [2.45, 2.75) is 20.0 Å². The average Bonchev–Trinajstić information content (AvgIpc) is 3.06. The number of nitrogens with one attached hydrogen (secondary N) is 1. The summed E-state index contributed by atoms with van der Waals surface area (Å²) in [6.45, 7) is 3.92. The third-order valence-electron chi connectivity index (χ3n) is 3.34. The predicted octanol–water partition coefficient (Wildman–Crippen LogP) is 6.35. The topological polar surface area (TPSA) is 46.5 Å². The van der Waals surface area contributed by atoms with Crippen LogP contribution in [-0.2, 0) is 0 Å². The zero-order chi connectivity index (χ0) is 18.5. The maximum atomic E-state index is 6.22. The van der Waals surface area contributed by atoms with E-state index >= 15 is 0 Å². The van der Waals surface area contributed by atoms with E-state index in [0.717, 1.165) is 16.8 Å². The number of thiazole rings is 1. The Hall–Kier alpha value is -2.08. The fourth-order valence-corrected chi connectivity index (χ4v) is 3.22. The van der Waals surface area contributed by atoms with Crippen molar-refractivity contribution < 1.29 is 4.74 Å². The molecule has 0 radical (unpaired) electrons. The summed E-state index contributed by atoms with van der Waals surface area (Å²) >= 11 is 13.6. The molecule has 0 amide bonds. The number of anilines is 1. The first-order valence-electron chi connectivity index (χ1n) is 7.98. The van der Waals surface area contributed by atoms with E-state index in [4.69, 9.17) is 27.9 Å². The number of ether oxygens (including phenoxy) is 1. The number of rotatable bonds is 6. The van der Waals surface area contributed by atoms with E-state index < -0.39 is 0 Å². The van der Waals surface area contributed by atoms with Gasteiger partial charge in [-0.2, -0.15) is 5.10 Å². The van der Waals surface area contributed by atoms with E-state index in [1.165, 1.54) is 11.3 Å². The van der Waals surface area contributed by atoms with Gasteiger partial charge in [-0.1, -0.05) is 35.3 Å². The van der Waals surface area contributed by atoms with Gasteiger partial charge < -0.3 is 4.74 Å². The Bertz CT molecular complexity index is 907. The van der Waals surface area contributed by atoms with E-state index in [-0.39, 0.29) is 6.10 Å². The minimum Gasteiger partial charge on any atom is -0.489 e. The average molecular weight is 406 g/mol. The Balaban J connectivity index is 1.64. The third kappa shape index (κ3) is 4.97. The fourth-order valence-electron chi connectivity index (χ4n) is 2.19. The molecule has 3 rings (SSSR count). The van der Waals surface area contributed by atoms with Gasteiger partial charge in [0.15, 0.2) is 0 Å². The van der Waals surface area contributed by atoms with Crippen LogP contribution in [0.1, 0.15) is 19.4 Å². The number of hydrazone groups is 1. The lowest BCUT2D eigenvalue weighted by atomic mass is 10.2. The molecule has 1 aromatic heterocycles. The highest BCUT2D eigenvalue weighted by atomic mass is 35.5. The van der Waals surface area contributed by atoms with Gasteiger partial charge in [-0.25, -0.2) is 4.98 Å². The molecule has 0 fully saturated rings. The second kappa shape index (κ2) is 8.54. The zero-order valence-electron chi connectivity index (χ0n) is 14.2. The first-order valence-corrected chi connectivity index (χ1v) is 9.61. The van der Waals surface area contributed by atoms with Crippen molar-refractivity contribution in [1.82, 2.24) is 4.98 Å². The summed E-state index contributed by atoms with van der Waals surface area (Å²) in [5, 5.41) is 8.15. The van der Waals surface area contributed by atoms with Crippen molar-refractivity contribution >= 4 is 45.9 Å². The highest BCUT2D eigenvalue weighted by Gasteiger charge is 2.05. The molecule has 0 saturated carbocycles. The minimum atomic E-state index is 0.0772. The van der Waals surface area contributed by atoms with Gasteiger partial charge in [-0.3, -0.25) is 5.43 Å². The maximum absolute atomic E-state index is 6.22. The smallest absolute Gasteiger partial charge is 0.203 e. The van der Waals surface area contributed by atoms with E-state index in [0.29, 0.717) is 20.9 Å². The van der Waals surface area contributed by atoms with Crippen molar-refractivity contribution in [3.8, 4) is 17.0 Å². The number of hydrogen-bond donors (Lipinski definition) is 1. The molecule has 3 aromatic rings. The van der Waals surface area contributed by atoms with Crippen molar-refractivity contribution in [3.05, 3.63) is 63.5 Å². The van der Waals surface area contributed by atoms with E-state index in [1.807, 2.05) is 61.7 Å². The Morgan fingerprint density at radius 2 is 1.92 bits per heavy atom. The second-order valence-corrected chi connectivity index (χ2v) is 7.47. The van der Waals surface area contributed by atoms with Gasteiger partial charge in [-0.15, -0.1) is 11.3 Å². The van der Waals surface area contributed by atoms with Crippen LogP contribution in [0.15, 0.2) is 52.9 Å². The van der Waals surface area contributed by atoms with Gasteiger partial charge in [0, 0.05) is 16.0 Å². The Labute approximate surface area is 166 Å². The lowest BCUT2D eigenvalue weighted by Crippen LogP contribution is -2.05. The Morgan fingerprint density at radius 1 is 1.15 bits per heavy atom. The number of hydrogen-bond acceptors (Lipinski definition) is 5. The Morgan fingerprint density at radius 3 is 2.62 bits per heavy atom. The van der Waals surface area contributed by atoms with Crippen molar-refractivity contribution in [2.24, 2.45) is 5.10 Å². The monoisotopic (exact) mass is 405 g/mol. The molecule has 134 valence electrons. The van der Waals surface area contributed by atoms with Crippen LogP contribution in [0, 0.1) is 0 Å². The fraction of sp³-hybridized carbons (Fsp3) is 0.158. The van der Waals surface area contributed by atoms with Crippen molar-refractivity contribution in [2.75, 3.05) is 5.43 Å². The van der Waals surface area contributed by atoms with Crippen molar-refractivity contribution in [1.29, 1.82) is 0 Å². The molecular formula is C19H17Cl2N3OS. The molecule has 26 heavy (non-hydrogen) atoms. The number of aromatic nitrogens is 1. The lowest BCUT2D eigenvalue weighted by molar-refractivity contribution is 0.242. The minimum absolute atomic E-state index is 0.0772. The summed E-state index contributed by atoms with van der Waals surface area (Å²) in [6.07, 6.45) is 1.77. The molecule has 1 N–H and O–H groups in total. The molecule has 2 aromatic carbocycles. The molecule has 0 spiro atoms. The van der Waals surface area contributed by atoms with Crippen LogP contribution in [0.25, 0.3) is 11.3 Å². The molecule has 0 saturated heterocycles. The van der Waals surface area contributed by atoms with Gasteiger partial charge in [0.25, 0.3) is 0 Å². The molecule has 1 heterocycles. The molecule has 7 heteroatoms. The molecule has 0 unspecified atom stereocenters. The van der Waals surface area contributed by atoms with Gasteiger partial charge in [0.1, 0.15) is 5.75 Å². The first-order chi connectivity index (χ1) is 12.5. The summed E-state index contributed by atoms with van der Waals surface area (Å²) in [4.78, 5) is 4.51.